The summed E-state index contributed by atoms with van der Waals surface area (Å²) in [5.74, 6) is 0.921. The van der Waals surface area contributed by atoms with Crippen LogP contribution in [0.25, 0.3) is 0 Å². The number of piperidine rings is 1. The van der Waals surface area contributed by atoms with Gasteiger partial charge in [-0.3, -0.25) is 4.79 Å². The molecule has 2 rings (SSSR count). The van der Waals surface area contributed by atoms with Crippen LogP contribution in [0.3, 0.4) is 0 Å². The molecule has 0 spiro atoms. The molecule has 1 aromatic rings. The van der Waals surface area contributed by atoms with E-state index in [9.17, 15) is 4.79 Å². The minimum absolute atomic E-state index is 0.0781. The quantitative estimate of drug-likeness (QED) is 0.782. The second kappa shape index (κ2) is 4.95. The Morgan fingerprint density at radius 3 is 2.69 bits per heavy atom. The molecule has 1 saturated heterocycles. The Bertz CT molecular complexity index is 400. The molecule has 0 amide bonds. The van der Waals surface area contributed by atoms with Crippen LogP contribution >= 0.6 is 15.9 Å². The van der Waals surface area contributed by atoms with E-state index < -0.39 is 0 Å². The maximum Gasteiger partial charge on any atom is 0.163 e. The number of nitrogens with zero attached hydrogens (tertiary/aromatic N) is 2. The zero-order valence-corrected chi connectivity index (χ0v) is 11.0. The van der Waals surface area contributed by atoms with Crippen LogP contribution in [0.4, 0.5) is 5.82 Å². The van der Waals surface area contributed by atoms with Gasteiger partial charge in [-0.05, 0) is 48.2 Å². The van der Waals surface area contributed by atoms with Crippen LogP contribution in [0.1, 0.15) is 36.5 Å². The first-order valence-corrected chi connectivity index (χ1v) is 6.39. The van der Waals surface area contributed by atoms with Crippen LogP contribution in [-0.4, -0.2) is 23.9 Å². The van der Waals surface area contributed by atoms with Crippen molar-refractivity contribution in [3.05, 3.63) is 22.3 Å². The van der Waals surface area contributed by atoms with Crippen LogP contribution < -0.4 is 4.90 Å². The van der Waals surface area contributed by atoms with Gasteiger partial charge in [-0.1, -0.05) is 0 Å². The fourth-order valence-corrected chi connectivity index (χ4v) is 2.38. The highest BCUT2D eigenvalue weighted by atomic mass is 79.9. The smallest absolute Gasteiger partial charge is 0.163 e. The molecule has 0 bridgehead atoms. The Kier molecular flexibility index (Phi) is 3.59. The average Bonchev–Trinajstić information content (AvgIpc) is 2.30. The zero-order chi connectivity index (χ0) is 11.5. The van der Waals surface area contributed by atoms with Crippen molar-refractivity contribution < 1.29 is 4.79 Å². The Labute approximate surface area is 104 Å². The lowest BCUT2D eigenvalue weighted by molar-refractivity contribution is 0.101. The summed E-state index contributed by atoms with van der Waals surface area (Å²) in [6, 6.07) is 1.86. The van der Waals surface area contributed by atoms with Gasteiger partial charge in [0, 0.05) is 23.8 Å². The van der Waals surface area contributed by atoms with Gasteiger partial charge >= 0.3 is 0 Å². The molecule has 0 unspecified atom stereocenters. The molecule has 1 aliphatic rings. The number of ketones is 1. The Balaban J connectivity index is 2.34. The molecular weight excluding hydrogens is 268 g/mol. The lowest BCUT2D eigenvalue weighted by atomic mass is 10.1. The van der Waals surface area contributed by atoms with Crippen molar-refractivity contribution in [2.75, 3.05) is 18.0 Å². The summed E-state index contributed by atoms with van der Waals surface area (Å²) in [5.41, 5.74) is 0.719. The molecule has 4 heteroatoms. The van der Waals surface area contributed by atoms with Crippen molar-refractivity contribution >= 4 is 27.5 Å². The number of anilines is 1. The number of rotatable bonds is 2. The number of Topliss-reactive ketones (excluding diaryl/α,β-unsaturated/α-hetero) is 1. The van der Waals surface area contributed by atoms with E-state index >= 15 is 0 Å². The van der Waals surface area contributed by atoms with Crippen molar-refractivity contribution in [3.8, 4) is 0 Å². The first kappa shape index (κ1) is 11.6. The molecule has 0 saturated carbocycles. The molecule has 0 N–H and O–H groups in total. The number of pyridine rings is 1. The van der Waals surface area contributed by atoms with E-state index in [2.05, 4.69) is 25.8 Å². The Morgan fingerprint density at radius 2 is 2.06 bits per heavy atom. The highest BCUT2D eigenvalue weighted by Gasteiger charge is 2.18. The van der Waals surface area contributed by atoms with Gasteiger partial charge in [0.05, 0.1) is 5.56 Å². The maximum absolute atomic E-state index is 11.6. The van der Waals surface area contributed by atoms with E-state index in [1.165, 1.54) is 19.3 Å². The number of carbonyl (C=O) groups excluding carboxylic acids is 1. The van der Waals surface area contributed by atoms with E-state index in [1.54, 1.807) is 13.1 Å². The zero-order valence-electron chi connectivity index (χ0n) is 9.37. The molecule has 0 aromatic carbocycles. The largest absolute Gasteiger partial charge is 0.356 e. The minimum atomic E-state index is 0.0781. The van der Waals surface area contributed by atoms with E-state index in [-0.39, 0.29) is 5.78 Å². The molecule has 86 valence electrons. The first-order chi connectivity index (χ1) is 7.68. The Hall–Kier alpha value is -0.900. The van der Waals surface area contributed by atoms with E-state index in [4.69, 9.17) is 0 Å². The molecule has 2 heterocycles. The van der Waals surface area contributed by atoms with Crippen LogP contribution in [-0.2, 0) is 0 Å². The summed E-state index contributed by atoms with van der Waals surface area (Å²) in [6.07, 6.45) is 5.42. The summed E-state index contributed by atoms with van der Waals surface area (Å²) in [4.78, 5) is 18.2. The fraction of sp³-hybridized carbons (Fsp3) is 0.500. The SMILES string of the molecule is CC(=O)c1cc(Br)cnc1N1CCCCC1. The highest BCUT2D eigenvalue weighted by molar-refractivity contribution is 9.10. The van der Waals surface area contributed by atoms with Crippen LogP contribution in [0.5, 0.6) is 0 Å². The van der Waals surface area contributed by atoms with Gasteiger partial charge in [-0.25, -0.2) is 4.98 Å². The van der Waals surface area contributed by atoms with Crippen LogP contribution in [0.15, 0.2) is 16.7 Å². The fourth-order valence-electron chi connectivity index (χ4n) is 2.05. The lowest BCUT2D eigenvalue weighted by Crippen LogP contribution is -2.31. The molecule has 0 radical (unpaired) electrons. The van der Waals surface area contributed by atoms with Gasteiger partial charge in [0.25, 0.3) is 0 Å². The second-order valence-corrected chi connectivity index (χ2v) is 5.04. The number of carbonyl (C=O) groups is 1. The Morgan fingerprint density at radius 1 is 1.38 bits per heavy atom. The van der Waals surface area contributed by atoms with Crippen LogP contribution in [0.2, 0.25) is 0 Å². The van der Waals surface area contributed by atoms with Crippen molar-refractivity contribution in [3.63, 3.8) is 0 Å². The third-order valence-corrected chi connectivity index (χ3v) is 3.30. The van der Waals surface area contributed by atoms with Crippen molar-refractivity contribution in [2.24, 2.45) is 0 Å². The van der Waals surface area contributed by atoms with Gasteiger partial charge < -0.3 is 4.90 Å². The topological polar surface area (TPSA) is 33.2 Å². The second-order valence-electron chi connectivity index (χ2n) is 4.13. The van der Waals surface area contributed by atoms with E-state index in [0.29, 0.717) is 0 Å². The van der Waals surface area contributed by atoms with Crippen molar-refractivity contribution in [1.29, 1.82) is 0 Å². The van der Waals surface area contributed by atoms with Gasteiger partial charge in [0.2, 0.25) is 0 Å². The summed E-state index contributed by atoms with van der Waals surface area (Å²) >= 11 is 3.36. The molecule has 1 aliphatic heterocycles. The number of halogens is 1. The summed E-state index contributed by atoms with van der Waals surface area (Å²) in [6.45, 7) is 3.61. The summed E-state index contributed by atoms with van der Waals surface area (Å²) in [7, 11) is 0. The lowest BCUT2D eigenvalue weighted by Gasteiger charge is -2.29. The van der Waals surface area contributed by atoms with Gasteiger partial charge in [-0.2, -0.15) is 0 Å². The molecule has 1 fully saturated rings. The molecular formula is C12H15BrN2O. The monoisotopic (exact) mass is 282 g/mol. The number of hydrogen-bond acceptors (Lipinski definition) is 3. The van der Waals surface area contributed by atoms with Crippen molar-refractivity contribution in [1.82, 2.24) is 4.98 Å². The molecule has 0 aliphatic carbocycles. The molecule has 1 aromatic heterocycles. The first-order valence-electron chi connectivity index (χ1n) is 5.60. The predicted octanol–water partition coefficient (Wildman–Crippen LogP) is 3.04. The molecule has 3 nitrogen and oxygen atoms in total. The third kappa shape index (κ3) is 2.43. The normalized spacial score (nSPS) is 16.2. The minimum Gasteiger partial charge on any atom is -0.356 e. The summed E-state index contributed by atoms with van der Waals surface area (Å²) < 4.78 is 0.860. The standard InChI is InChI=1S/C12H15BrN2O/c1-9(16)11-7-10(13)8-14-12(11)15-5-3-2-4-6-15/h7-8H,2-6H2,1H3. The van der Waals surface area contributed by atoms with Gasteiger partial charge in [0.15, 0.2) is 5.78 Å². The van der Waals surface area contributed by atoms with Crippen molar-refractivity contribution in [2.45, 2.75) is 26.2 Å². The van der Waals surface area contributed by atoms with Crippen LogP contribution in [0, 0.1) is 0 Å². The number of aromatic nitrogens is 1. The van der Waals surface area contributed by atoms with Gasteiger partial charge in [-0.15, -0.1) is 0 Å². The van der Waals surface area contributed by atoms with Gasteiger partial charge in [0.1, 0.15) is 5.82 Å². The molecule has 0 atom stereocenters. The molecule has 16 heavy (non-hydrogen) atoms. The maximum atomic E-state index is 11.6. The van der Waals surface area contributed by atoms with E-state index in [1.807, 2.05) is 6.07 Å². The third-order valence-electron chi connectivity index (χ3n) is 2.87. The summed E-state index contributed by atoms with van der Waals surface area (Å²) in [5, 5.41) is 0. The highest BCUT2D eigenvalue weighted by Crippen LogP contribution is 2.24. The van der Waals surface area contributed by atoms with E-state index in [0.717, 1.165) is 28.9 Å². The number of hydrogen-bond donors (Lipinski definition) is 0. The average molecular weight is 283 g/mol. The predicted molar refractivity (Wildman–Crippen MR) is 68.0 cm³/mol.